The number of ether oxygens (including phenoxy) is 2. The van der Waals surface area contributed by atoms with Gasteiger partial charge in [-0.25, -0.2) is 4.79 Å². The second kappa shape index (κ2) is 10.5. The van der Waals surface area contributed by atoms with Gasteiger partial charge in [-0.3, -0.25) is 4.99 Å². The van der Waals surface area contributed by atoms with Crippen LogP contribution in [0.3, 0.4) is 0 Å². The summed E-state index contributed by atoms with van der Waals surface area (Å²) in [5, 5.41) is 3.66. The predicted molar refractivity (Wildman–Crippen MR) is 126 cm³/mol. The van der Waals surface area contributed by atoms with Crippen LogP contribution in [0.15, 0.2) is 4.99 Å². The Balaban J connectivity index is 0.00000300. The number of aliphatic imine (C=N–C) groups is 1. The second-order valence-electron chi connectivity index (χ2n) is 9.45. The van der Waals surface area contributed by atoms with Gasteiger partial charge in [0.05, 0.1) is 12.6 Å². The molecule has 8 heteroatoms. The Labute approximate surface area is 193 Å². The van der Waals surface area contributed by atoms with E-state index in [0.29, 0.717) is 18.5 Å². The van der Waals surface area contributed by atoms with Crippen molar-refractivity contribution in [1.29, 1.82) is 0 Å². The number of halogens is 1. The summed E-state index contributed by atoms with van der Waals surface area (Å²) in [6.07, 6.45) is 6.09. The van der Waals surface area contributed by atoms with Crippen molar-refractivity contribution in [3.8, 4) is 0 Å². The number of amides is 1. The fourth-order valence-electron chi connectivity index (χ4n) is 4.56. The minimum absolute atomic E-state index is 0. The lowest BCUT2D eigenvalue weighted by Gasteiger charge is -2.40. The summed E-state index contributed by atoms with van der Waals surface area (Å²) in [6, 6.07) is 0.256. The van der Waals surface area contributed by atoms with E-state index in [4.69, 9.17) is 14.5 Å². The van der Waals surface area contributed by atoms with E-state index >= 15 is 0 Å². The topological polar surface area (TPSA) is 66.4 Å². The van der Waals surface area contributed by atoms with Gasteiger partial charge in [-0.1, -0.05) is 12.8 Å². The van der Waals surface area contributed by atoms with Crippen molar-refractivity contribution in [3.05, 3.63) is 0 Å². The third kappa shape index (κ3) is 6.60. The van der Waals surface area contributed by atoms with Crippen LogP contribution in [0.1, 0.15) is 59.8 Å². The van der Waals surface area contributed by atoms with Crippen LogP contribution in [0, 0.1) is 5.41 Å². The minimum Gasteiger partial charge on any atom is -0.444 e. The smallest absolute Gasteiger partial charge is 0.410 e. The predicted octanol–water partition coefficient (Wildman–Crippen LogP) is 3.47. The summed E-state index contributed by atoms with van der Waals surface area (Å²) >= 11 is 0. The average molecular weight is 522 g/mol. The summed E-state index contributed by atoms with van der Waals surface area (Å²) in [4.78, 5) is 21.3. The molecule has 1 saturated carbocycles. The van der Waals surface area contributed by atoms with E-state index < -0.39 is 5.60 Å². The maximum atomic E-state index is 12.4. The van der Waals surface area contributed by atoms with Crippen LogP contribution in [0.5, 0.6) is 0 Å². The highest BCUT2D eigenvalue weighted by Crippen LogP contribution is 2.40. The quantitative estimate of drug-likeness (QED) is 0.428. The number of rotatable bonds is 6. The summed E-state index contributed by atoms with van der Waals surface area (Å²) in [7, 11) is 0. The molecule has 0 radical (unpaired) electrons. The molecular weight excluding hydrogens is 483 g/mol. The van der Waals surface area contributed by atoms with Gasteiger partial charge in [-0.2, -0.15) is 0 Å². The highest BCUT2D eigenvalue weighted by Gasteiger charge is 2.38. The van der Waals surface area contributed by atoms with Crippen LogP contribution in [-0.2, 0) is 9.47 Å². The zero-order chi connectivity index (χ0) is 20.2. The third-order valence-corrected chi connectivity index (χ3v) is 6.12. The van der Waals surface area contributed by atoms with Crippen LogP contribution in [0.25, 0.3) is 0 Å². The molecule has 2 fully saturated rings. The number of guanidine groups is 1. The molecule has 29 heavy (non-hydrogen) atoms. The van der Waals surface area contributed by atoms with Gasteiger partial charge < -0.3 is 24.6 Å². The molecule has 1 saturated heterocycles. The molecule has 0 spiro atoms. The van der Waals surface area contributed by atoms with Crippen molar-refractivity contribution in [2.75, 3.05) is 45.9 Å². The van der Waals surface area contributed by atoms with Gasteiger partial charge in [0.25, 0.3) is 0 Å². The van der Waals surface area contributed by atoms with Crippen molar-refractivity contribution in [2.45, 2.75) is 71.4 Å². The van der Waals surface area contributed by atoms with E-state index in [-0.39, 0.29) is 36.1 Å². The van der Waals surface area contributed by atoms with Gasteiger partial charge in [-0.15, -0.1) is 24.0 Å². The lowest BCUT2D eigenvalue weighted by molar-refractivity contribution is 0.0137. The van der Waals surface area contributed by atoms with E-state index in [1.54, 1.807) is 0 Å². The SMILES string of the molecule is CCOCCC1(CNC2=NCC3CN(C(=O)OC(C)(C)C)CCN23)CCCC1.I. The molecule has 1 unspecified atom stereocenters. The lowest BCUT2D eigenvalue weighted by Crippen LogP contribution is -2.58. The number of hydrogen-bond donors (Lipinski definition) is 1. The number of nitrogens with zero attached hydrogens (tertiary/aromatic N) is 3. The van der Waals surface area contributed by atoms with Crippen LogP contribution < -0.4 is 5.32 Å². The fraction of sp³-hybridized carbons (Fsp3) is 0.905. The monoisotopic (exact) mass is 522 g/mol. The first kappa shape index (κ1) is 24.5. The summed E-state index contributed by atoms with van der Waals surface area (Å²) in [6.45, 7) is 13.3. The molecular formula is C21H39IN4O3. The van der Waals surface area contributed by atoms with E-state index in [1.807, 2.05) is 25.7 Å². The first-order chi connectivity index (χ1) is 13.3. The molecule has 1 atom stereocenters. The van der Waals surface area contributed by atoms with Crippen LogP contribution in [0.2, 0.25) is 0 Å². The molecule has 1 N–H and O–H groups in total. The van der Waals surface area contributed by atoms with Crippen molar-refractivity contribution in [3.63, 3.8) is 0 Å². The van der Waals surface area contributed by atoms with Crippen molar-refractivity contribution >= 4 is 36.0 Å². The molecule has 0 aromatic heterocycles. The molecule has 1 amide bonds. The summed E-state index contributed by atoms with van der Waals surface area (Å²) in [5.41, 5.74) is -0.113. The van der Waals surface area contributed by atoms with Crippen LogP contribution >= 0.6 is 24.0 Å². The van der Waals surface area contributed by atoms with Gasteiger partial charge in [0, 0.05) is 39.4 Å². The number of piperazine rings is 1. The Morgan fingerprint density at radius 1 is 1.28 bits per heavy atom. The maximum Gasteiger partial charge on any atom is 0.410 e. The van der Waals surface area contributed by atoms with Crippen molar-refractivity contribution in [2.24, 2.45) is 10.4 Å². The molecule has 1 aliphatic carbocycles. The highest BCUT2D eigenvalue weighted by molar-refractivity contribution is 14.0. The van der Waals surface area contributed by atoms with Crippen molar-refractivity contribution < 1.29 is 14.3 Å². The number of nitrogens with one attached hydrogen (secondary N) is 1. The highest BCUT2D eigenvalue weighted by atomic mass is 127. The molecule has 0 aromatic carbocycles. The molecule has 0 bridgehead atoms. The third-order valence-electron chi connectivity index (χ3n) is 6.12. The second-order valence-corrected chi connectivity index (χ2v) is 9.45. The van der Waals surface area contributed by atoms with E-state index in [1.165, 1.54) is 25.7 Å². The fourth-order valence-corrected chi connectivity index (χ4v) is 4.56. The molecule has 0 aromatic rings. The van der Waals surface area contributed by atoms with Crippen LogP contribution in [0.4, 0.5) is 4.79 Å². The lowest BCUT2D eigenvalue weighted by atomic mass is 9.83. The maximum absolute atomic E-state index is 12.4. The van der Waals surface area contributed by atoms with E-state index in [0.717, 1.165) is 45.2 Å². The van der Waals surface area contributed by atoms with Crippen molar-refractivity contribution in [1.82, 2.24) is 15.1 Å². The van der Waals surface area contributed by atoms with Gasteiger partial charge in [0.2, 0.25) is 0 Å². The molecule has 3 aliphatic rings. The number of hydrogen-bond acceptors (Lipinski definition) is 6. The zero-order valence-corrected chi connectivity index (χ0v) is 20.9. The Hall–Kier alpha value is -0.770. The van der Waals surface area contributed by atoms with Gasteiger partial charge >= 0.3 is 6.09 Å². The Morgan fingerprint density at radius 2 is 2.00 bits per heavy atom. The standard InChI is InChI=1S/C21H38N4O3.HI/c1-5-27-13-10-21(8-6-7-9-21)16-23-18-22-14-17-15-24(11-12-25(17)18)19(26)28-20(2,3)4;/h17H,5-16H2,1-4H3,(H,22,23);1H. The Morgan fingerprint density at radius 3 is 2.66 bits per heavy atom. The number of carbonyl (C=O) groups excluding carboxylic acids is 1. The summed E-state index contributed by atoms with van der Waals surface area (Å²) < 4.78 is 11.2. The molecule has 2 heterocycles. The van der Waals surface area contributed by atoms with Crippen LogP contribution in [-0.4, -0.2) is 79.4 Å². The largest absolute Gasteiger partial charge is 0.444 e. The van der Waals surface area contributed by atoms with Gasteiger partial charge in [0.1, 0.15) is 5.60 Å². The van der Waals surface area contributed by atoms with E-state index in [9.17, 15) is 4.79 Å². The molecule has 3 rings (SSSR count). The number of carbonyl (C=O) groups is 1. The number of fused-ring (bicyclic) bond motifs is 1. The molecule has 2 aliphatic heterocycles. The van der Waals surface area contributed by atoms with Gasteiger partial charge in [0.15, 0.2) is 5.96 Å². The Bertz CT molecular complexity index is 573. The summed E-state index contributed by atoms with van der Waals surface area (Å²) in [5.74, 6) is 1.01. The first-order valence-corrected chi connectivity index (χ1v) is 10.9. The van der Waals surface area contributed by atoms with Gasteiger partial charge in [-0.05, 0) is 52.4 Å². The zero-order valence-electron chi connectivity index (χ0n) is 18.5. The minimum atomic E-state index is -0.454. The molecule has 7 nitrogen and oxygen atoms in total. The molecule has 168 valence electrons. The van der Waals surface area contributed by atoms with E-state index in [2.05, 4.69) is 17.1 Å². The average Bonchev–Trinajstić information content (AvgIpc) is 3.26. The first-order valence-electron chi connectivity index (χ1n) is 10.9. The normalized spacial score (nSPS) is 23.3. The Kier molecular flexibility index (Phi) is 8.87.